The molecule has 0 aliphatic carbocycles. The minimum absolute atomic E-state index is 0.0906. The lowest BCUT2D eigenvalue weighted by molar-refractivity contribution is -0.114. The second-order valence-electron chi connectivity index (χ2n) is 6.03. The number of anilines is 3. The lowest BCUT2D eigenvalue weighted by Gasteiger charge is -2.15. The van der Waals surface area contributed by atoms with Gasteiger partial charge in [0, 0.05) is 41.1 Å². The van der Waals surface area contributed by atoms with Crippen LogP contribution in [0.25, 0.3) is 10.9 Å². The Morgan fingerprint density at radius 3 is 2.56 bits per heavy atom. The fourth-order valence-corrected chi connectivity index (χ4v) is 2.75. The van der Waals surface area contributed by atoms with Crippen molar-refractivity contribution >= 4 is 33.9 Å². The van der Waals surface area contributed by atoms with Crippen LogP contribution in [0, 0.1) is 13.8 Å². The smallest absolute Gasteiger partial charge is 0.221 e. The average Bonchev–Trinajstić information content (AvgIpc) is 2.56. The lowest BCUT2D eigenvalue weighted by atomic mass is 10.1. The van der Waals surface area contributed by atoms with Crippen molar-refractivity contribution in [1.29, 1.82) is 0 Å². The van der Waals surface area contributed by atoms with E-state index in [-0.39, 0.29) is 5.91 Å². The Morgan fingerprint density at radius 1 is 1.04 bits per heavy atom. The van der Waals surface area contributed by atoms with E-state index < -0.39 is 0 Å². The molecule has 128 valence electrons. The molecule has 0 radical (unpaired) electrons. The monoisotopic (exact) mass is 335 g/mol. The number of aromatic nitrogens is 1. The third-order valence-electron chi connectivity index (χ3n) is 3.97. The molecule has 5 nitrogen and oxygen atoms in total. The number of benzene rings is 2. The van der Waals surface area contributed by atoms with Gasteiger partial charge in [0.1, 0.15) is 5.75 Å². The van der Waals surface area contributed by atoms with Gasteiger partial charge >= 0.3 is 0 Å². The molecule has 0 fully saturated rings. The molecular weight excluding hydrogens is 314 g/mol. The van der Waals surface area contributed by atoms with Crippen molar-refractivity contribution in [3.8, 4) is 5.75 Å². The maximum Gasteiger partial charge on any atom is 0.221 e. The maximum absolute atomic E-state index is 11.3. The summed E-state index contributed by atoms with van der Waals surface area (Å²) in [6.45, 7) is 5.49. The number of ether oxygens (including phenoxy) is 1. The fourth-order valence-electron chi connectivity index (χ4n) is 2.75. The van der Waals surface area contributed by atoms with Crippen LogP contribution in [0.2, 0.25) is 0 Å². The van der Waals surface area contributed by atoms with E-state index in [0.29, 0.717) is 0 Å². The molecule has 1 aromatic heterocycles. The average molecular weight is 335 g/mol. The van der Waals surface area contributed by atoms with E-state index in [4.69, 9.17) is 4.74 Å². The van der Waals surface area contributed by atoms with Crippen molar-refractivity contribution in [2.24, 2.45) is 0 Å². The van der Waals surface area contributed by atoms with Crippen LogP contribution in [0.1, 0.15) is 18.2 Å². The number of nitrogens with zero attached hydrogens (tertiary/aromatic N) is 1. The summed E-state index contributed by atoms with van der Waals surface area (Å²) in [5.41, 5.74) is 5.54. The molecule has 25 heavy (non-hydrogen) atoms. The number of fused-ring (bicyclic) bond motifs is 1. The number of rotatable bonds is 4. The molecule has 3 aromatic rings. The van der Waals surface area contributed by atoms with Crippen LogP contribution in [0.3, 0.4) is 0 Å². The summed E-state index contributed by atoms with van der Waals surface area (Å²) >= 11 is 0. The molecule has 0 atom stereocenters. The van der Waals surface area contributed by atoms with Crippen LogP contribution in [0.5, 0.6) is 5.75 Å². The first-order valence-corrected chi connectivity index (χ1v) is 8.07. The Kier molecular flexibility index (Phi) is 4.57. The second-order valence-corrected chi connectivity index (χ2v) is 6.03. The molecular formula is C20H21N3O2. The summed E-state index contributed by atoms with van der Waals surface area (Å²) in [4.78, 5) is 15.9. The molecule has 0 unspecified atom stereocenters. The Hall–Kier alpha value is -3.08. The predicted octanol–water partition coefficient (Wildman–Crippen LogP) is 4.56. The van der Waals surface area contributed by atoms with Gasteiger partial charge in [-0.3, -0.25) is 9.78 Å². The first kappa shape index (κ1) is 16.8. The third kappa shape index (κ3) is 3.71. The van der Waals surface area contributed by atoms with Crippen LogP contribution in [0.15, 0.2) is 42.5 Å². The number of aryl methyl sites for hydroxylation is 2. The molecule has 1 heterocycles. The predicted molar refractivity (Wildman–Crippen MR) is 102 cm³/mol. The van der Waals surface area contributed by atoms with Gasteiger partial charge < -0.3 is 15.4 Å². The molecule has 0 aliphatic heterocycles. The van der Waals surface area contributed by atoms with Crippen LogP contribution in [0.4, 0.5) is 17.1 Å². The molecule has 0 saturated carbocycles. The molecule has 0 spiro atoms. The number of carbonyl (C=O) groups is 1. The van der Waals surface area contributed by atoms with Gasteiger partial charge in [-0.05, 0) is 49.7 Å². The number of hydrogen-bond donors (Lipinski definition) is 2. The van der Waals surface area contributed by atoms with Gasteiger partial charge in [0.05, 0.1) is 12.6 Å². The molecule has 3 rings (SSSR count). The van der Waals surface area contributed by atoms with Crippen molar-refractivity contribution in [2.75, 3.05) is 17.7 Å². The van der Waals surface area contributed by atoms with Crippen molar-refractivity contribution in [2.45, 2.75) is 20.8 Å². The van der Waals surface area contributed by atoms with Gasteiger partial charge in [0.25, 0.3) is 0 Å². The molecule has 0 bridgehead atoms. The van der Waals surface area contributed by atoms with Crippen molar-refractivity contribution in [1.82, 2.24) is 4.98 Å². The first-order chi connectivity index (χ1) is 12.0. The van der Waals surface area contributed by atoms with Gasteiger partial charge in [0.15, 0.2) is 0 Å². The number of amides is 1. The van der Waals surface area contributed by atoms with E-state index >= 15 is 0 Å². The Bertz CT molecular complexity index is 951. The Labute approximate surface area is 147 Å². The molecule has 2 N–H and O–H groups in total. The van der Waals surface area contributed by atoms with Crippen LogP contribution in [-0.2, 0) is 4.79 Å². The summed E-state index contributed by atoms with van der Waals surface area (Å²) in [7, 11) is 1.65. The molecule has 1 amide bonds. The van der Waals surface area contributed by atoms with E-state index in [0.717, 1.165) is 45.0 Å². The molecule has 2 aromatic carbocycles. The first-order valence-electron chi connectivity index (χ1n) is 8.07. The summed E-state index contributed by atoms with van der Waals surface area (Å²) in [6.07, 6.45) is 0. The van der Waals surface area contributed by atoms with Gasteiger partial charge in [-0.2, -0.15) is 0 Å². The van der Waals surface area contributed by atoms with E-state index in [1.807, 2.05) is 56.3 Å². The standard InChI is InChI=1S/C20H21N3O2/c1-12-5-6-15(22-14(3)24)10-18(12)23-19-9-13(2)21-20-11-16(25-4)7-8-17(19)20/h5-11H,1-4H3,(H,21,23)(H,22,24). The Balaban J connectivity index is 2.04. The van der Waals surface area contributed by atoms with Gasteiger partial charge in [-0.25, -0.2) is 0 Å². The normalized spacial score (nSPS) is 10.6. The SMILES string of the molecule is COc1ccc2c(Nc3cc(NC(C)=O)ccc3C)cc(C)nc2c1. The second kappa shape index (κ2) is 6.81. The highest BCUT2D eigenvalue weighted by molar-refractivity contribution is 5.95. The highest BCUT2D eigenvalue weighted by Gasteiger charge is 2.08. The highest BCUT2D eigenvalue weighted by atomic mass is 16.5. The van der Waals surface area contributed by atoms with E-state index in [9.17, 15) is 4.79 Å². The molecule has 5 heteroatoms. The Morgan fingerprint density at radius 2 is 1.84 bits per heavy atom. The minimum Gasteiger partial charge on any atom is -0.497 e. The van der Waals surface area contributed by atoms with Gasteiger partial charge in [-0.1, -0.05) is 6.07 Å². The zero-order valence-corrected chi connectivity index (χ0v) is 14.8. The molecule has 0 saturated heterocycles. The zero-order chi connectivity index (χ0) is 18.0. The maximum atomic E-state index is 11.3. The number of hydrogen-bond acceptors (Lipinski definition) is 4. The quantitative estimate of drug-likeness (QED) is 0.733. The van der Waals surface area contributed by atoms with Gasteiger partial charge in [-0.15, -0.1) is 0 Å². The van der Waals surface area contributed by atoms with Crippen LogP contribution in [-0.4, -0.2) is 18.0 Å². The molecule has 0 aliphatic rings. The number of methoxy groups -OCH3 is 1. The highest BCUT2D eigenvalue weighted by Crippen LogP contribution is 2.31. The fraction of sp³-hybridized carbons (Fsp3) is 0.200. The van der Waals surface area contributed by atoms with E-state index in [2.05, 4.69) is 15.6 Å². The number of carbonyl (C=O) groups excluding carboxylic acids is 1. The summed E-state index contributed by atoms with van der Waals surface area (Å²) in [5, 5.41) is 7.30. The summed E-state index contributed by atoms with van der Waals surface area (Å²) in [5.74, 6) is 0.687. The number of nitrogens with one attached hydrogen (secondary N) is 2. The lowest BCUT2D eigenvalue weighted by Crippen LogP contribution is -2.06. The third-order valence-corrected chi connectivity index (χ3v) is 3.97. The topological polar surface area (TPSA) is 63.2 Å². The van der Waals surface area contributed by atoms with Crippen LogP contribution < -0.4 is 15.4 Å². The minimum atomic E-state index is -0.0906. The summed E-state index contributed by atoms with van der Waals surface area (Å²) < 4.78 is 5.29. The van der Waals surface area contributed by atoms with Crippen LogP contribution >= 0.6 is 0 Å². The largest absolute Gasteiger partial charge is 0.497 e. The van der Waals surface area contributed by atoms with Crippen molar-refractivity contribution in [3.05, 3.63) is 53.7 Å². The zero-order valence-electron chi connectivity index (χ0n) is 14.8. The van der Waals surface area contributed by atoms with Crippen molar-refractivity contribution in [3.63, 3.8) is 0 Å². The van der Waals surface area contributed by atoms with E-state index in [1.54, 1.807) is 7.11 Å². The number of pyridine rings is 1. The van der Waals surface area contributed by atoms with E-state index in [1.165, 1.54) is 6.92 Å². The van der Waals surface area contributed by atoms with Gasteiger partial charge in [0.2, 0.25) is 5.91 Å². The van der Waals surface area contributed by atoms with Crippen molar-refractivity contribution < 1.29 is 9.53 Å². The summed E-state index contributed by atoms with van der Waals surface area (Å²) in [6, 6.07) is 13.7.